The normalized spacial score (nSPS) is 17.2. The molecule has 0 saturated carbocycles. The maximum absolute atomic E-state index is 14.4. The van der Waals surface area contributed by atoms with Gasteiger partial charge in [0.2, 0.25) is 0 Å². The van der Waals surface area contributed by atoms with Gasteiger partial charge in [0.25, 0.3) is 0 Å². The molecular weight excluding hydrogens is 597 g/mol. The molecule has 5 aromatic carbocycles. The van der Waals surface area contributed by atoms with E-state index in [1.165, 1.54) is 35.1 Å². The molecule has 0 amide bonds. The summed E-state index contributed by atoms with van der Waals surface area (Å²) >= 11 is 0. The number of ether oxygens (including phenoxy) is 1. The molecule has 1 saturated heterocycles. The molecule has 0 unspecified atom stereocenters. The Morgan fingerprint density at radius 3 is 1.37 bits per heavy atom. The third-order valence-electron chi connectivity index (χ3n) is 9.37. The van der Waals surface area contributed by atoms with Gasteiger partial charge in [-0.05, 0) is 36.1 Å². The van der Waals surface area contributed by atoms with Gasteiger partial charge < -0.3 is 10.7 Å². The fraction of sp³-hybridized carbons (Fsp3) is 0.250. The van der Waals surface area contributed by atoms with Crippen molar-refractivity contribution in [2.75, 3.05) is 13.2 Å². The van der Waals surface area contributed by atoms with E-state index in [0.29, 0.717) is 0 Å². The molecular formula is C40H42LiO3P2+. The zero-order valence-corrected chi connectivity index (χ0v) is 29.4. The van der Waals surface area contributed by atoms with Crippen LogP contribution in [-0.4, -0.2) is 13.2 Å². The van der Waals surface area contributed by atoms with E-state index in [1.807, 2.05) is 103 Å². The van der Waals surface area contributed by atoms with Crippen molar-refractivity contribution in [2.24, 2.45) is 0 Å². The largest absolute Gasteiger partial charge is 1.00 e. The molecule has 3 heterocycles. The molecule has 3 aliphatic rings. The van der Waals surface area contributed by atoms with Gasteiger partial charge in [-0.1, -0.05) is 148 Å². The molecule has 46 heavy (non-hydrogen) atoms. The summed E-state index contributed by atoms with van der Waals surface area (Å²) in [7, 11) is -4.26. The minimum absolute atomic E-state index is 0. The predicted octanol–water partition coefficient (Wildman–Crippen LogP) is 4.98. The van der Waals surface area contributed by atoms with Crippen molar-refractivity contribution in [3.05, 3.63) is 150 Å². The second-order valence-electron chi connectivity index (χ2n) is 12.9. The molecule has 3 aliphatic heterocycles. The van der Waals surface area contributed by atoms with Crippen molar-refractivity contribution in [1.82, 2.24) is 0 Å². The molecule has 0 bridgehead atoms. The van der Waals surface area contributed by atoms with Gasteiger partial charge in [0.1, 0.15) is 0 Å². The van der Waals surface area contributed by atoms with Crippen LogP contribution in [0, 0.1) is 0 Å². The molecule has 3 nitrogen and oxygen atoms in total. The third-order valence-corrected chi connectivity index (χ3v) is 14.2. The summed E-state index contributed by atoms with van der Waals surface area (Å²) in [6.07, 6.45) is 2.56. The zero-order valence-electron chi connectivity index (χ0n) is 28.6. The van der Waals surface area contributed by atoms with Crippen LogP contribution in [0.3, 0.4) is 0 Å². The van der Waals surface area contributed by atoms with Gasteiger partial charge in [-0.3, -0.25) is 0 Å². The SMILES string of the molecule is C1CCOC1.CC1(C)c2ccccc2P(=O)(c2ccccc2)c2ccccc21.CC1(C)c2ccccc2[P+](=O)c2ccccc21.[H-].[Li+]. The minimum atomic E-state index is -2.83. The van der Waals surface area contributed by atoms with Gasteiger partial charge in [0.05, 0.1) is 0 Å². The third kappa shape index (κ3) is 6.06. The summed E-state index contributed by atoms with van der Waals surface area (Å²) in [5.74, 6) is 0. The number of hydrogen-bond acceptors (Lipinski definition) is 3. The maximum Gasteiger partial charge on any atom is 1.00 e. The Bertz CT molecular complexity index is 1790. The number of rotatable bonds is 1. The van der Waals surface area contributed by atoms with Gasteiger partial charge >= 0.3 is 26.7 Å². The Balaban J connectivity index is 0.000000184. The molecule has 5 aromatic rings. The average molecular weight is 640 g/mol. The molecule has 230 valence electrons. The Morgan fingerprint density at radius 1 is 0.565 bits per heavy atom. The Kier molecular flexibility index (Phi) is 10.4. The van der Waals surface area contributed by atoms with Crippen LogP contribution < -0.4 is 45.4 Å². The van der Waals surface area contributed by atoms with Crippen LogP contribution in [0.15, 0.2) is 127 Å². The van der Waals surface area contributed by atoms with Gasteiger partial charge in [-0.2, -0.15) is 0 Å². The monoisotopic (exact) mass is 639 g/mol. The minimum Gasteiger partial charge on any atom is -1.00 e. The van der Waals surface area contributed by atoms with Crippen molar-refractivity contribution in [3.63, 3.8) is 0 Å². The Morgan fingerprint density at radius 2 is 0.935 bits per heavy atom. The first-order valence-corrected chi connectivity index (χ1v) is 18.7. The fourth-order valence-electron chi connectivity index (χ4n) is 6.89. The molecule has 0 atom stereocenters. The van der Waals surface area contributed by atoms with Crippen molar-refractivity contribution >= 4 is 41.5 Å². The first-order valence-electron chi connectivity index (χ1n) is 15.8. The van der Waals surface area contributed by atoms with Crippen LogP contribution in [0.2, 0.25) is 0 Å². The van der Waals surface area contributed by atoms with Crippen molar-refractivity contribution in [3.8, 4) is 0 Å². The molecule has 6 heteroatoms. The molecule has 8 rings (SSSR count). The van der Waals surface area contributed by atoms with E-state index in [2.05, 4.69) is 52.0 Å². The smallest absolute Gasteiger partial charge is 1.00 e. The topological polar surface area (TPSA) is 43.4 Å². The van der Waals surface area contributed by atoms with Crippen molar-refractivity contribution in [2.45, 2.75) is 51.4 Å². The number of fused-ring (bicyclic) bond motifs is 4. The summed E-state index contributed by atoms with van der Waals surface area (Å²) in [5.41, 5.74) is 4.53. The Hall–Kier alpha value is -3.01. The average Bonchev–Trinajstić information content (AvgIpc) is 3.68. The summed E-state index contributed by atoms with van der Waals surface area (Å²) < 4.78 is 31.9. The van der Waals surface area contributed by atoms with Gasteiger partial charge in [0.15, 0.2) is 17.8 Å². The predicted molar refractivity (Wildman–Crippen MR) is 191 cm³/mol. The van der Waals surface area contributed by atoms with E-state index in [4.69, 9.17) is 4.74 Å². The van der Waals surface area contributed by atoms with E-state index >= 15 is 0 Å². The summed E-state index contributed by atoms with van der Waals surface area (Å²) in [6.45, 7) is 10.8. The van der Waals surface area contributed by atoms with E-state index < -0.39 is 14.9 Å². The van der Waals surface area contributed by atoms with Gasteiger partial charge in [-0.25, -0.2) is 0 Å². The second kappa shape index (κ2) is 14.0. The van der Waals surface area contributed by atoms with E-state index in [1.54, 1.807) is 0 Å². The van der Waals surface area contributed by atoms with Crippen LogP contribution in [0.5, 0.6) is 0 Å². The van der Waals surface area contributed by atoms with Gasteiger partial charge in [-0.15, -0.1) is 0 Å². The molecule has 1 fully saturated rings. The van der Waals surface area contributed by atoms with E-state index in [-0.39, 0.29) is 31.1 Å². The van der Waals surface area contributed by atoms with Crippen LogP contribution in [0.25, 0.3) is 0 Å². The van der Waals surface area contributed by atoms with E-state index in [9.17, 15) is 9.13 Å². The quantitative estimate of drug-likeness (QED) is 0.192. The van der Waals surface area contributed by atoms with Gasteiger partial charge in [0, 0.05) is 51.1 Å². The molecule has 0 aliphatic carbocycles. The van der Waals surface area contributed by atoms with Crippen molar-refractivity contribution < 1.29 is 34.2 Å². The molecule has 0 N–H and O–H groups in total. The molecule has 0 radical (unpaired) electrons. The summed E-state index contributed by atoms with van der Waals surface area (Å²) in [4.78, 5) is 0. The maximum atomic E-state index is 14.4. The van der Waals surface area contributed by atoms with Crippen molar-refractivity contribution in [1.29, 1.82) is 0 Å². The first-order chi connectivity index (χ1) is 21.7. The fourth-order valence-corrected chi connectivity index (χ4v) is 12.1. The van der Waals surface area contributed by atoms with Crippen LogP contribution in [0.4, 0.5) is 0 Å². The Labute approximate surface area is 288 Å². The second-order valence-corrected chi connectivity index (χ2v) is 17.1. The van der Waals surface area contributed by atoms with Crippen LogP contribution in [-0.2, 0) is 24.7 Å². The zero-order chi connectivity index (χ0) is 31.7. The molecule has 0 aromatic heterocycles. The number of benzene rings is 5. The summed E-state index contributed by atoms with van der Waals surface area (Å²) in [6, 6.07) is 42.5. The standard InChI is InChI=1S/C21H19OP.C15H14OP.C4H8O.Li.H/c1-21(2)17-12-6-8-14-19(17)23(22,16-10-4-3-5-11-16)20-15-9-7-13-18(20)21;1-15(2)11-7-3-5-9-13(11)17(16)14-10-6-4-8-12(14)15;1-2-4-5-3-1;;/h3-15H,1-2H3;3-10H,1-2H3;1-4H2;;/q;+1;;+1;-1. The van der Waals surface area contributed by atoms with Crippen LogP contribution in [0.1, 0.15) is 64.2 Å². The molecule has 0 spiro atoms. The van der Waals surface area contributed by atoms with Crippen LogP contribution >= 0.6 is 14.9 Å². The first kappa shape index (κ1) is 34.3. The summed E-state index contributed by atoms with van der Waals surface area (Å²) in [5, 5.41) is 4.86. The van der Waals surface area contributed by atoms with E-state index in [0.717, 1.165) is 39.7 Å². The number of hydrogen-bond donors (Lipinski definition) is 0.